The molecule has 0 saturated carbocycles. The van der Waals surface area contributed by atoms with E-state index in [1.165, 1.54) is 44.1 Å². The van der Waals surface area contributed by atoms with Gasteiger partial charge in [-0.25, -0.2) is 0 Å². The zero-order chi connectivity index (χ0) is 23.1. The minimum absolute atomic E-state index is 0.577. The van der Waals surface area contributed by atoms with E-state index in [-0.39, 0.29) is 0 Å². The van der Waals surface area contributed by atoms with Crippen LogP contribution in [0.5, 0.6) is 0 Å². The summed E-state index contributed by atoms with van der Waals surface area (Å²) >= 11 is 0. The van der Waals surface area contributed by atoms with Gasteiger partial charge in [-0.15, -0.1) is 0 Å². The highest BCUT2D eigenvalue weighted by atomic mass is 15.0. The van der Waals surface area contributed by atoms with Crippen molar-refractivity contribution in [3.8, 4) is 22.9 Å². The van der Waals surface area contributed by atoms with Gasteiger partial charge in [0.25, 0.3) is 0 Å². The number of aromatic nitrogens is 1. The molecule has 2 nitrogen and oxygen atoms in total. The Balaban J connectivity index is 1.50. The molecule has 0 saturated heterocycles. The zero-order valence-electron chi connectivity index (χ0n) is 19.1. The van der Waals surface area contributed by atoms with Gasteiger partial charge in [-0.2, -0.15) is 5.26 Å². The first kappa shape index (κ1) is 20.3. The third-order valence-electron chi connectivity index (χ3n) is 6.77. The zero-order valence-corrected chi connectivity index (χ0v) is 19.1. The van der Waals surface area contributed by atoms with Gasteiger partial charge in [-0.1, -0.05) is 67.6 Å². The topological polar surface area (TPSA) is 28.7 Å². The van der Waals surface area contributed by atoms with E-state index < -0.39 is 0 Å². The van der Waals surface area contributed by atoms with E-state index >= 15 is 0 Å². The SMILES string of the molecule is CC1C=CC=C(c2cccc(-c3ccc4c(c3)c3ccccc3n4-c3ccc(C#N)cc3)c2)C1. The summed E-state index contributed by atoms with van der Waals surface area (Å²) in [6.45, 7) is 2.27. The highest BCUT2D eigenvalue weighted by Crippen LogP contribution is 2.36. The summed E-state index contributed by atoms with van der Waals surface area (Å²) in [5.41, 5.74) is 9.22. The predicted octanol–water partition coefficient (Wildman–Crippen LogP) is 8.30. The van der Waals surface area contributed by atoms with Crippen LogP contribution in [0.4, 0.5) is 0 Å². The van der Waals surface area contributed by atoms with Gasteiger partial charge in [-0.05, 0) is 83.1 Å². The van der Waals surface area contributed by atoms with E-state index in [4.69, 9.17) is 0 Å². The Hall–Kier alpha value is -4.35. The third kappa shape index (κ3) is 3.43. The van der Waals surface area contributed by atoms with Crippen LogP contribution in [0.3, 0.4) is 0 Å². The maximum absolute atomic E-state index is 9.19. The third-order valence-corrected chi connectivity index (χ3v) is 6.77. The lowest BCUT2D eigenvalue weighted by molar-refractivity contribution is 0.749. The Bertz CT molecular complexity index is 1640. The standard InChI is InChI=1S/C32H24N2/c1-22-6-4-7-24(18-22)25-8-5-9-26(19-25)27-14-17-32-30(20-27)29-10-2-3-11-31(29)34(32)28-15-12-23(21-33)13-16-28/h2-17,19-20,22H,18H2,1H3. The Kier molecular flexibility index (Phi) is 4.90. The molecule has 0 amide bonds. The number of rotatable bonds is 3. The van der Waals surface area contributed by atoms with Crippen molar-refractivity contribution in [2.45, 2.75) is 13.3 Å². The maximum Gasteiger partial charge on any atom is 0.0991 e. The summed E-state index contributed by atoms with van der Waals surface area (Å²) in [6, 6.07) is 34.2. The Morgan fingerprint density at radius 3 is 2.35 bits per heavy atom. The molecule has 4 aromatic carbocycles. The van der Waals surface area contributed by atoms with Gasteiger partial charge in [0.1, 0.15) is 0 Å². The van der Waals surface area contributed by atoms with E-state index in [1.54, 1.807) is 0 Å². The molecular formula is C32H24N2. The van der Waals surface area contributed by atoms with E-state index in [2.05, 4.69) is 103 Å². The van der Waals surface area contributed by atoms with E-state index in [0.717, 1.165) is 12.1 Å². The Labute approximate surface area is 199 Å². The summed E-state index contributed by atoms with van der Waals surface area (Å²) < 4.78 is 2.28. The molecule has 0 bridgehead atoms. The van der Waals surface area contributed by atoms with Crippen LogP contribution in [0, 0.1) is 17.2 Å². The van der Waals surface area contributed by atoms with Gasteiger partial charge in [-0.3, -0.25) is 0 Å². The van der Waals surface area contributed by atoms with Gasteiger partial charge >= 0.3 is 0 Å². The maximum atomic E-state index is 9.19. The summed E-state index contributed by atoms with van der Waals surface area (Å²) in [4.78, 5) is 0. The van der Waals surface area contributed by atoms with Crippen molar-refractivity contribution >= 4 is 27.4 Å². The number of allylic oxidation sites excluding steroid dienone is 4. The molecular weight excluding hydrogens is 412 g/mol. The highest BCUT2D eigenvalue weighted by Gasteiger charge is 2.14. The molecule has 0 N–H and O–H groups in total. The van der Waals surface area contributed by atoms with Gasteiger partial charge in [0.15, 0.2) is 0 Å². The van der Waals surface area contributed by atoms with Crippen LogP contribution < -0.4 is 0 Å². The molecule has 1 atom stereocenters. The first-order valence-corrected chi connectivity index (χ1v) is 11.7. The number of hydrogen-bond acceptors (Lipinski definition) is 1. The fourth-order valence-electron chi connectivity index (χ4n) is 5.07. The molecule has 1 aliphatic rings. The predicted molar refractivity (Wildman–Crippen MR) is 142 cm³/mol. The van der Waals surface area contributed by atoms with Crippen molar-refractivity contribution in [3.05, 3.63) is 120 Å². The molecule has 0 aliphatic heterocycles. The molecule has 34 heavy (non-hydrogen) atoms. The monoisotopic (exact) mass is 436 g/mol. The fourth-order valence-corrected chi connectivity index (χ4v) is 5.07. The molecule has 1 heterocycles. The lowest BCUT2D eigenvalue weighted by atomic mass is 9.89. The van der Waals surface area contributed by atoms with E-state index in [1.807, 2.05) is 24.3 Å². The first-order valence-electron chi connectivity index (χ1n) is 11.7. The normalized spacial score (nSPS) is 15.4. The molecule has 0 spiro atoms. The molecule has 0 fully saturated rings. The lowest BCUT2D eigenvalue weighted by Gasteiger charge is -2.15. The highest BCUT2D eigenvalue weighted by molar-refractivity contribution is 6.10. The van der Waals surface area contributed by atoms with Crippen molar-refractivity contribution in [1.82, 2.24) is 4.57 Å². The van der Waals surface area contributed by atoms with Crippen LogP contribution >= 0.6 is 0 Å². The van der Waals surface area contributed by atoms with Crippen LogP contribution in [0.1, 0.15) is 24.5 Å². The largest absolute Gasteiger partial charge is 0.309 e. The smallest absolute Gasteiger partial charge is 0.0991 e. The molecule has 162 valence electrons. The van der Waals surface area contributed by atoms with Crippen molar-refractivity contribution < 1.29 is 0 Å². The van der Waals surface area contributed by atoms with Crippen LogP contribution in [-0.4, -0.2) is 4.57 Å². The van der Waals surface area contributed by atoms with E-state index in [9.17, 15) is 5.26 Å². The van der Waals surface area contributed by atoms with Crippen molar-refractivity contribution in [1.29, 1.82) is 5.26 Å². The molecule has 1 unspecified atom stereocenters. The first-order chi connectivity index (χ1) is 16.7. The number of hydrogen-bond donors (Lipinski definition) is 0. The molecule has 6 rings (SSSR count). The van der Waals surface area contributed by atoms with Gasteiger partial charge < -0.3 is 4.57 Å². The molecule has 1 aromatic heterocycles. The second kappa shape index (κ2) is 8.21. The average Bonchev–Trinajstić information content (AvgIpc) is 3.22. The number of para-hydroxylation sites is 1. The molecule has 1 aliphatic carbocycles. The van der Waals surface area contributed by atoms with E-state index in [0.29, 0.717) is 11.5 Å². The fraction of sp³-hybridized carbons (Fsp3) is 0.0938. The van der Waals surface area contributed by atoms with Gasteiger partial charge in [0.05, 0.1) is 22.7 Å². The quantitative estimate of drug-likeness (QED) is 0.280. The van der Waals surface area contributed by atoms with Crippen molar-refractivity contribution in [3.63, 3.8) is 0 Å². The summed E-state index contributed by atoms with van der Waals surface area (Å²) in [5, 5.41) is 11.7. The van der Waals surface area contributed by atoms with Crippen LogP contribution in [0.2, 0.25) is 0 Å². The summed E-state index contributed by atoms with van der Waals surface area (Å²) in [5.74, 6) is 0.577. The van der Waals surface area contributed by atoms with Crippen molar-refractivity contribution in [2.24, 2.45) is 5.92 Å². The number of fused-ring (bicyclic) bond motifs is 3. The van der Waals surface area contributed by atoms with Crippen LogP contribution in [0.15, 0.2) is 109 Å². The van der Waals surface area contributed by atoms with Crippen LogP contribution in [0.25, 0.3) is 44.2 Å². The van der Waals surface area contributed by atoms with Gasteiger partial charge in [0.2, 0.25) is 0 Å². The van der Waals surface area contributed by atoms with Crippen molar-refractivity contribution in [2.75, 3.05) is 0 Å². The van der Waals surface area contributed by atoms with Crippen LogP contribution in [-0.2, 0) is 0 Å². The minimum atomic E-state index is 0.577. The number of nitriles is 1. The Morgan fingerprint density at radius 2 is 1.53 bits per heavy atom. The second-order valence-electron chi connectivity index (χ2n) is 9.08. The number of nitrogens with zero attached hydrogens (tertiary/aromatic N) is 2. The second-order valence-corrected chi connectivity index (χ2v) is 9.08. The number of benzene rings is 4. The minimum Gasteiger partial charge on any atom is -0.309 e. The Morgan fingerprint density at radius 1 is 0.765 bits per heavy atom. The summed E-state index contributed by atoms with van der Waals surface area (Å²) in [7, 11) is 0. The van der Waals surface area contributed by atoms with Gasteiger partial charge in [0, 0.05) is 16.5 Å². The molecule has 0 radical (unpaired) electrons. The summed E-state index contributed by atoms with van der Waals surface area (Å²) in [6.07, 6.45) is 7.77. The molecule has 5 aromatic rings. The average molecular weight is 437 g/mol. The lowest BCUT2D eigenvalue weighted by Crippen LogP contribution is -1.97. The molecule has 2 heteroatoms.